The van der Waals surface area contributed by atoms with E-state index in [0.717, 1.165) is 87.9 Å². The van der Waals surface area contributed by atoms with Gasteiger partial charge in [-0.15, -0.1) is 0 Å². The van der Waals surface area contributed by atoms with Gasteiger partial charge in [-0.25, -0.2) is 4.98 Å². The van der Waals surface area contributed by atoms with Crippen LogP contribution >= 0.6 is 0 Å². The molecule has 2 fully saturated rings. The molecule has 0 saturated heterocycles. The number of aryl methyl sites for hydroxylation is 1. The number of hydrogen-bond acceptors (Lipinski definition) is 4. The first-order valence-corrected chi connectivity index (χ1v) is 15.2. The minimum atomic E-state index is -0.917. The lowest BCUT2D eigenvalue weighted by molar-refractivity contribution is 0.158. The standard InChI is InChI=1S/C34H37F4N5/c1-32(15-4-5-16-32)20-34(21-33(2)17-6-7-18-33,26-10-8-9-24(39-26)22-11-13-27(35)41-29(22)37)31-40-25(19-43(31)3)23-12-14-28(36)42-30(23)38/h8-14,19H,4-7,15-18,20-21H2,1-3H3. The fourth-order valence-corrected chi connectivity index (χ4v) is 7.88. The van der Waals surface area contributed by atoms with Gasteiger partial charge in [0.1, 0.15) is 5.82 Å². The normalized spacial score (nSPS) is 17.9. The van der Waals surface area contributed by atoms with Gasteiger partial charge in [0.2, 0.25) is 23.8 Å². The van der Waals surface area contributed by atoms with Gasteiger partial charge in [-0.3, -0.25) is 4.98 Å². The molecule has 0 unspecified atom stereocenters. The Bertz CT molecular complexity index is 1610. The summed E-state index contributed by atoms with van der Waals surface area (Å²) in [5, 5.41) is 0. The summed E-state index contributed by atoms with van der Waals surface area (Å²) in [6.07, 6.45) is 12.1. The highest BCUT2D eigenvalue weighted by Gasteiger charge is 2.50. The van der Waals surface area contributed by atoms with Gasteiger partial charge in [0.15, 0.2) is 0 Å². The smallest absolute Gasteiger partial charge is 0.225 e. The van der Waals surface area contributed by atoms with Crippen LogP contribution in [0.15, 0.2) is 48.7 Å². The first-order valence-electron chi connectivity index (χ1n) is 15.2. The van der Waals surface area contributed by atoms with Crippen molar-refractivity contribution in [2.45, 2.75) is 83.5 Å². The summed E-state index contributed by atoms with van der Waals surface area (Å²) in [6.45, 7) is 4.65. The predicted molar refractivity (Wildman–Crippen MR) is 157 cm³/mol. The van der Waals surface area contributed by atoms with Crippen LogP contribution in [0.25, 0.3) is 22.5 Å². The minimum absolute atomic E-state index is 0.00409. The monoisotopic (exact) mass is 591 g/mol. The van der Waals surface area contributed by atoms with Crippen molar-refractivity contribution in [3.05, 3.63) is 84.0 Å². The number of aromatic nitrogens is 5. The summed E-state index contributed by atoms with van der Waals surface area (Å²) in [7, 11) is 1.90. The fraction of sp³-hybridized carbons (Fsp3) is 0.471. The van der Waals surface area contributed by atoms with Crippen molar-refractivity contribution in [2.75, 3.05) is 0 Å². The van der Waals surface area contributed by atoms with E-state index in [1.807, 2.05) is 23.7 Å². The Morgan fingerprint density at radius 1 is 0.674 bits per heavy atom. The summed E-state index contributed by atoms with van der Waals surface area (Å²) in [5.41, 5.74) is 1.01. The molecule has 0 N–H and O–H groups in total. The number of rotatable bonds is 8. The molecule has 0 aromatic carbocycles. The highest BCUT2D eigenvalue weighted by atomic mass is 19.1. The SMILES string of the molecule is Cn1cc(-c2ccc(F)nc2F)nc1C(CC1(C)CCCC1)(CC1(C)CCCC1)c1cccc(-c2ccc(F)nc2F)n1. The van der Waals surface area contributed by atoms with Crippen LogP contribution in [0.2, 0.25) is 0 Å². The topological polar surface area (TPSA) is 56.5 Å². The number of imidazole rings is 1. The van der Waals surface area contributed by atoms with Crippen LogP contribution < -0.4 is 0 Å². The Morgan fingerprint density at radius 2 is 1.19 bits per heavy atom. The largest absolute Gasteiger partial charge is 0.337 e. The average molecular weight is 592 g/mol. The molecular weight excluding hydrogens is 554 g/mol. The molecule has 4 aromatic heterocycles. The molecule has 0 amide bonds. The third kappa shape index (κ3) is 5.70. The number of hydrogen-bond donors (Lipinski definition) is 0. The molecule has 43 heavy (non-hydrogen) atoms. The van der Waals surface area contributed by atoms with Gasteiger partial charge in [0.25, 0.3) is 0 Å². The Kier molecular flexibility index (Phi) is 7.63. The Balaban J connectivity index is 1.59. The maximum absolute atomic E-state index is 14.9. The minimum Gasteiger partial charge on any atom is -0.337 e. The lowest BCUT2D eigenvalue weighted by atomic mass is 9.61. The van der Waals surface area contributed by atoms with Gasteiger partial charge in [-0.1, -0.05) is 45.6 Å². The van der Waals surface area contributed by atoms with Gasteiger partial charge >= 0.3 is 0 Å². The van der Waals surface area contributed by atoms with E-state index < -0.39 is 29.2 Å². The van der Waals surface area contributed by atoms with Crippen LogP contribution in [0.5, 0.6) is 0 Å². The highest BCUT2D eigenvalue weighted by molar-refractivity contribution is 5.60. The zero-order chi connectivity index (χ0) is 30.4. The molecule has 0 atom stereocenters. The molecule has 0 spiro atoms. The molecular formula is C34H37F4N5. The molecule has 9 heteroatoms. The highest BCUT2D eigenvalue weighted by Crippen LogP contribution is 2.56. The summed E-state index contributed by atoms with van der Waals surface area (Å²) < 4.78 is 59.1. The molecule has 4 aromatic rings. The van der Waals surface area contributed by atoms with Crippen LogP contribution in [0.3, 0.4) is 0 Å². The third-order valence-corrected chi connectivity index (χ3v) is 9.80. The van der Waals surface area contributed by atoms with Crippen LogP contribution in [0.4, 0.5) is 17.6 Å². The Labute approximate surface area is 249 Å². The summed E-state index contributed by atoms with van der Waals surface area (Å²) in [5.74, 6) is -2.88. The molecule has 4 heterocycles. The molecule has 6 rings (SSSR count). The second kappa shape index (κ2) is 11.1. The molecule has 5 nitrogen and oxygen atoms in total. The lowest BCUT2D eigenvalue weighted by Gasteiger charge is -2.44. The Morgan fingerprint density at radius 3 is 1.70 bits per heavy atom. The van der Waals surface area contributed by atoms with E-state index in [1.165, 1.54) is 12.1 Å². The van der Waals surface area contributed by atoms with Crippen LogP contribution in [0, 0.1) is 34.6 Å². The van der Waals surface area contributed by atoms with E-state index in [9.17, 15) is 17.6 Å². The Hall–Kier alpha value is -3.62. The quantitative estimate of drug-likeness (QED) is 0.152. The number of halogens is 4. The van der Waals surface area contributed by atoms with Crippen molar-refractivity contribution in [1.82, 2.24) is 24.5 Å². The third-order valence-electron chi connectivity index (χ3n) is 9.80. The van der Waals surface area contributed by atoms with Crippen LogP contribution in [-0.4, -0.2) is 24.5 Å². The van der Waals surface area contributed by atoms with E-state index in [2.05, 4.69) is 23.8 Å². The van der Waals surface area contributed by atoms with E-state index in [-0.39, 0.29) is 22.0 Å². The summed E-state index contributed by atoms with van der Waals surface area (Å²) >= 11 is 0. The second-order valence-electron chi connectivity index (χ2n) is 13.4. The lowest BCUT2D eigenvalue weighted by Crippen LogP contribution is -2.41. The molecule has 2 saturated carbocycles. The van der Waals surface area contributed by atoms with E-state index in [0.29, 0.717) is 11.4 Å². The molecule has 0 aliphatic heterocycles. The van der Waals surface area contributed by atoms with Crippen molar-refractivity contribution in [3.8, 4) is 22.5 Å². The first kappa shape index (κ1) is 29.5. The summed E-state index contributed by atoms with van der Waals surface area (Å²) in [6, 6.07) is 10.5. The van der Waals surface area contributed by atoms with E-state index in [1.54, 1.807) is 12.3 Å². The van der Waals surface area contributed by atoms with Gasteiger partial charge in [-0.2, -0.15) is 27.5 Å². The first-order chi connectivity index (χ1) is 20.5. The van der Waals surface area contributed by atoms with Gasteiger partial charge in [-0.05, 0) is 85.8 Å². The van der Waals surface area contributed by atoms with Crippen molar-refractivity contribution in [3.63, 3.8) is 0 Å². The second-order valence-corrected chi connectivity index (χ2v) is 13.4. The van der Waals surface area contributed by atoms with Crippen LogP contribution in [0.1, 0.15) is 89.6 Å². The van der Waals surface area contributed by atoms with E-state index >= 15 is 0 Å². The fourth-order valence-electron chi connectivity index (χ4n) is 7.88. The molecule has 0 bridgehead atoms. The van der Waals surface area contributed by atoms with Gasteiger partial charge < -0.3 is 4.57 Å². The van der Waals surface area contributed by atoms with Gasteiger partial charge in [0, 0.05) is 13.2 Å². The van der Waals surface area contributed by atoms with E-state index in [4.69, 9.17) is 9.97 Å². The van der Waals surface area contributed by atoms with Crippen molar-refractivity contribution in [2.24, 2.45) is 17.9 Å². The average Bonchev–Trinajstić information content (AvgIpc) is 3.68. The molecule has 2 aliphatic rings. The molecule has 226 valence electrons. The van der Waals surface area contributed by atoms with Crippen molar-refractivity contribution < 1.29 is 17.6 Å². The van der Waals surface area contributed by atoms with Gasteiger partial charge in [0.05, 0.1) is 33.6 Å². The number of pyridine rings is 3. The maximum atomic E-state index is 14.9. The van der Waals surface area contributed by atoms with Crippen LogP contribution in [-0.2, 0) is 12.5 Å². The molecule has 0 radical (unpaired) electrons. The van der Waals surface area contributed by atoms with Crippen molar-refractivity contribution in [1.29, 1.82) is 0 Å². The zero-order valence-corrected chi connectivity index (χ0v) is 24.9. The number of nitrogens with zero attached hydrogens (tertiary/aromatic N) is 5. The van der Waals surface area contributed by atoms with Crippen molar-refractivity contribution >= 4 is 0 Å². The predicted octanol–water partition coefficient (Wildman–Crippen LogP) is 8.72. The zero-order valence-electron chi connectivity index (χ0n) is 24.9. The maximum Gasteiger partial charge on any atom is 0.225 e. The summed E-state index contributed by atoms with van der Waals surface area (Å²) in [4.78, 5) is 17.0. The molecule has 2 aliphatic carbocycles.